The van der Waals surface area contributed by atoms with E-state index < -0.39 is 4.92 Å². The molecule has 0 aliphatic rings. The number of hydrogen-bond acceptors (Lipinski definition) is 5. The standard InChI is InChI=1S/C12H18N6O2/c1-4-9(11-13-6-7-14-11)15-12-10(18(19)20)8(3)16-17(12)5-2/h6-7,9,15H,4-5H2,1-3H3,(H,13,14). The molecule has 2 heterocycles. The van der Waals surface area contributed by atoms with Crippen LogP contribution in [0.5, 0.6) is 0 Å². The van der Waals surface area contributed by atoms with Gasteiger partial charge >= 0.3 is 5.69 Å². The molecule has 0 fully saturated rings. The number of nitro groups is 1. The second-order valence-corrected chi connectivity index (χ2v) is 4.44. The van der Waals surface area contributed by atoms with Crippen LogP contribution in [0.25, 0.3) is 0 Å². The molecule has 0 radical (unpaired) electrons. The van der Waals surface area contributed by atoms with Crippen molar-refractivity contribution in [2.45, 2.75) is 39.8 Å². The Morgan fingerprint density at radius 2 is 2.30 bits per heavy atom. The molecule has 8 nitrogen and oxygen atoms in total. The number of rotatable bonds is 6. The van der Waals surface area contributed by atoms with Crippen molar-refractivity contribution < 1.29 is 4.92 Å². The summed E-state index contributed by atoms with van der Waals surface area (Å²) in [6.07, 6.45) is 4.14. The zero-order chi connectivity index (χ0) is 14.7. The minimum absolute atomic E-state index is 0.0249. The van der Waals surface area contributed by atoms with E-state index in [1.807, 2.05) is 13.8 Å². The molecule has 2 N–H and O–H groups in total. The highest BCUT2D eigenvalue weighted by atomic mass is 16.6. The lowest BCUT2D eigenvalue weighted by Crippen LogP contribution is -2.15. The van der Waals surface area contributed by atoms with E-state index >= 15 is 0 Å². The maximum Gasteiger partial charge on any atom is 0.333 e. The highest BCUT2D eigenvalue weighted by Gasteiger charge is 2.27. The molecule has 0 aliphatic carbocycles. The first-order chi connectivity index (χ1) is 9.58. The van der Waals surface area contributed by atoms with Crippen molar-refractivity contribution in [2.75, 3.05) is 5.32 Å². The summed E-state index contributed by atoms with van der Waals surface area (Å²) in [6.45, 7) is 6.09. The van der Waals surface area contributed by atoms with Crippen molar-refractivity contribution in [1.82, 2.24) is 19.7 Å². The van der Waals surface area contributed by atoms with Crippen LogP contribution in [0.4, 0.5) is 11.5 Å². The minimum atomic E-state index is -0.397. The van der Waals surface area contributed by atoms with Crippen molar-refractivity contribution in [3.05, 3.63) is 34.0 Å². The summed E-state index contributed by atoms with van der Waals surface area (Å²) < 4.78 is 1.61. The molecule has 2 aromatic rings. The fraction of sp³-hybridized carbons (Fsp3) is 0.500. The average molecular weight is 278 g/mol. The SMILES string of the molecule is CCC(Nc1c([N+](=O)[O-])c(C)nn1CC)c1ncc[nH]1. The maximum absolute atomic E-state index is 11.2. The highest BCUT2D eigenvalue weighted by Crippen LogP contribution is 2.31. The van der Waals surface area contributed by atoms with E-state index in [2.05, 4.69) is 20.4 Å². The molecular formula is C12H18N6O2. The fourth-order valence-corrected chi connectivity index (χ4v) is 2.16. The predicted octanol–water partition coefficient (Wildman–Crippen LogP) is 2.41. The van der Waals surface area contributed by atoms with Gasteiger partial charge < -0.3 is 10.3 Å². The molecule has 2 rings (SSSR count). The van der Waals surface area contributed by atoms with Gasteiger partial charge in [0.25, 0.3) is 0 Å². The van der Waals surface area contributed by atoms with Gasteiger partial charge in [-0.05, 0) is 20.3 Å². The predicted molar refractivity (Wildman–Crippen MR) is 74.5 cm³/mol. The van der Waals surface area contributed by atoms with Gasteiger partial charge in [-0.2, -0.15) is 5.10 Å². The van der Waals surface area contributed by atoms with Gasteiger partial charge in [0.2, 0.25) is 5.82 Å². The molecule has 0 spiro atoms. The second kappa shape index (κ2) is 5.72. The molecule has 1 unspecified atom stereocenters. The second-order valence-electron chi connectivity index (χ2n) is 4.44. The lowest BCUT2D eigenvalue weighted by atomic mass is 10.2. The van der Waals surface area contributed by atoms with Gasteiger partial charge in [-0.25, -0.2) is 9.67 Å². The Balaban J connectivity index is 2.38. The number of imidazole rings is 1. The Kier molecular flexibility index (Phi) is 4.02. The molecule has 20 heavy (non-hydrogen) atoms. The van der Waals surface area contributed by atoms with E-state index in [1.54, 1.807) is 24.0 Å². The van der Waals surface area contributed by atoms with Crippen molar-refractivity contribution in [1.29, 1.82) is 0 Å². The molecule has 0 aromatic carbocycles. The van der Waals surface area contributed by atoms with E-state index in [0.717, 1.165) is 12.2 Å². The Labute approximate surface area is 116 Å². The van der Waals surface area contributed by atoms with Crippen molar-refractivity contribution in [3.8, 4) is 0 Å². The summed E-state index contributed by atoms with van der Waals surface area (Å²) in [6, 6.07) is -0.120. The first kappa shape index (κ1) is 14.0. The number of hydrogen-bond donors (Lipinski definition) is 2. The van der Waals surface area contributed by atoms with Gasteiger partial charge in [-0.1, -0.05) is 6.92 Å². The van der Waals surface area contributed by atoms with Gasteiger partial charge in [0.1, 0.15) is 11.5 Å². The van der Waals surface area contributed by atoms with Crippen LogP contribution in [0, 0.1) is 17.0 Å². The number of aromatic amines is 1. The van der Waals surface area contributed by atoms with E-state index in [1.165, 1.54) is 0 Å². The Bertz CT molecular complexity index is 589. The molecule has 2 aromatic heterocycles. The first-order valence-electron chi connectivity index (χ1n) is 6.56. The van der Waals surface area contributed by atoms with Crippen molar-refractivity contribution in [3.63, 3.8) is 0 Å². The summed E-state index contributed by atoms with van der Waals surface area (Å²) >= 11 is 0. The average Bonchev–Trinajstić information content (AvgIpc) is 3.03. The van der Waals surface area contributed by atoms with Crippen molar-refractivity contribution >= 4 is 11.5 Å². The molecular weight excluding hydrogens is 260 g/mol. The van der Waals surface area contributed by atoms with Crippen LogP contribution < -0.4 is 5.32 Å². The monoisotopic (exact) mass is 278 g/mol. The van der Waals surface area contributed by atoms with Crippen LogP contribution in [-0.2, 0) is 6.54 Å². The third kappa shape index (κ3) is 2.49. The van der Waals surface area contributed by atoms with Crippen LogP contribution in [0.3, 0.4) is 0 Å². The molecule has 0 aliphatic heterocycles. The quantitative estimate of drug-likeness (QED) is 0.624. The summed E-state index contributed by atoms with van der Waals surface area (Å²) in [5, 5.41) is 18.6. The maximum atomic E-state index is 11.2. The van der Waals surface area contributed by atoms with Crippen LogP contribution >= 0.6 is 0 Å². The lowest BCUT2D eigenvalue weighted by molar-refractivity contribution is -0.384. The smallest absolute Gasteiger partial charge is 0.333 e. The topological polar surface area (TPSA) is 102 Å². The molecule has 8 heteroatoms. The molecule has 0 saturated heterocycles. The van der Waals surface area contributed by atoms with Crippen LogP contribution in [0.15, 0.2) is 12.4 Å². The Morgan fingerprint density at radius 3 is 2.80 bits per heavy atom. The minimum Gasteiger partial charge on any atom is -0.355 e. The van der Waals surface area contributed by atoms with E-state index in [4.69, 9.17) is 0 Å². The van der Waals surface area contributed by atoms with Crippen molar-refractivity contribution in [2.24, 2.45) is 0 Å². The Morgan fingerprint density at radius 1 is 1.55 bits per heavy atom. The summed E-state index contributed by atoms with van der Waals surface area (Å²) in [5.74, 6) is 1.18. The zero-order valence-electron chi connectivity index (χ0n) is 11.8. The number of anilines is 1. The van der Waals surface area contributed by atoms with Gasteiger partial charge in [-0.15, -0.1) is 0 Å². The Hall–Kier alpha value is -2.38. The van der Waals surface area contributed by atoms with Crippen LogP contribution in [0.2, 0.25) is 0 Å². The number of aromatic nitrogens is 4. The lowest BCUT2D eigenvalue weighted by Gasteiger charge is -2.16. The summed E-state index contributed by atoms with van der Waals surface area (Å²) in [4.78, 5) is 18.1. The van der Waals surface area contributed by atoms with Gasteiger partial charge in [0.05, 0.1) is 11.0 Å². The van der Waals surface area contributed by atoms with E-state index in [-0.39, 0.29) is 11.7 Å². The number of aryl methyl sites for hydroxylation is 2. The van der Waals surface area contributed by atoms with Crippen LogP contribution in [0.1, 0.15) is 37.8 Å². The molecule has 0 bridgehead atoms. The largest absolute Gasteiger partial charge is 0.355 e. The number of nitrogens with zero attached hydrogens (tertiary/aromatic N) is 4. The van der Waals surface area contributed by atoms with E-state index in [9.17, 15) is 10.1 Å². The molecule has 0 amide bonds. The molecule has 1 atom stereocenters. The van der Waals surface area contributed by atoms with Crippen LogP contribution in [-0.4, -0.2) is 24.7 Å². The normalized spacial score (nSPS) is 12.3. The zero-order valence-corrected chi connectivity index (χ0v) is 11.8. The first-order valence-corrected chi connectivity index (χ1v) is 6.56. The summed E-state index contributed by atoms with van der Waals surface area (Å²) in [7, 11) is 0. The highest BCUT2D eigenvalue weighted by molar-refractivity contribution is 5.60. The number of H-pyrrole nitrogens is 1. The third-order valence-electron chi connectivity index (χ3n) is 3.15. The molecule has 0 saturated carbocycles. The third-order valence-corrected chi connectivity index (χ3v) is 3.15. The molecule has 108 valence electrons. The fourth-order valence-electron chi connectivity index (χ4n) is 2.16. The van der Waals surface area contributed by atoms with E-state index in [0.29, 0.717) is 18.1 Å². The van der Waals surface area contributed by atoms with Gasteiger partial charge in [0.15, 0.2) is 0 Å². The number of nitrogens with one attached hydrogen (secondary N) is 2. The van der Waals surface area contributed by atoms with Gasteiger partial charge in [-0.3, -0.25) is 10.1 Å². The summed E-state index contributed by atoms with van der Waals surface area (Å²) in [5.41, 5.74) is 0.436. The van der Waals surface area contributed by atoms with Gasteiger partial charge in [0, 0.05) is 18.9 Å².